The molecule has 1 aromatic carbocycles. The molecule has 2 rings (SSSR count). The topological polar surface area (TPSA) is 44.8 Å². The summed E-state index contributed by atoms with van der Waals surface area (Å²) in [6, 6.07) is 4.70. The van der Waals surface area contributed by atoms with Crippen LogP contribution in [0.15, 0.2) is 18.2 Å². The van der Waals surface area contributed by atoms with Gasteiger partial charge in [-0.05, 0) is 38.5 Å². The Balaban J connectivity index is 2.17. The first-order valence-corrected chi connectivity index (χ1v) is 7.85. The largest absolute Gasteiger partial charge is 0.444 e. The van der Waals surface area contributed by atoms with Crippen molar-refractivity contribution in [2.45, 2.75) is 32.4 Å². The standard InChI is InChI=1S/C17H26FN3O2/c1-17(2,3)23-16(22)21-9-8-19-14(11-21)13-7-6-12(18)10-15(13)20(4)5/h6-7,10,14,19H,8-9,11H2,1-5H3. The lowest BCUT2D eigenvalue weighted by Gasteiger charge is -2.36. The van der Waals surface area contributed by atoms with Crippen LogP contribution < -0.4 is 10.2 Å². The number of carbonyl (C=O) groups is 1. The van der Waals surface area contributed by atoms with Gasteiger partial charge in [-0.25, -0.2) is 9.18 Å². The van der Waals surface area contributed by atoms with Gasteiger partial charge >= 0.3 is 6.09 Å². The number of halogens is 1. The Morgan fingerprint density at radius 1 is 1.39 bits per heavy atom. The summed E-state index contributed by atoms with van der Waals surface area (Å²) >= 11 is 0. The van der Waals surface area contributed by atoms with E-state index < -0.39 is 5.60 Å². The van der Waals surface area contributed by atoms with Crippen LogP contribution in [0.2, 0.25) is 0 Å². The number of hydrogen-bond donors (Lipinski definition) is 1. The highest BCUT2D eigenvalue weighted by Crippen LogP contribution is 2.28. The molecule has 1 amide bonds. The molecule has 1 aromatic rings. The van der Waals surface area contributed by atoms with Crippen molar-refractivity contribution in [2.24, 2.45) is 0 Å². The molecule has 5 nitrogen and oxygen atoms in total. The van der Waals surface area contributed by atoms with Gasteiger partial charge in [0.1, 0.15) is 11.4 Å². The first-order chi connectivity index (χ1) is 10.7. The van der Waals surface area contributed by atoms with Crippen molar-refractivity contribution >= 4 is 11.8 Å². The van der Waals surface area contributed by atoms with Gasteiger partial charge in [-0.2, -0.15) is 0 Å². The highest BCUT2D eigenvalue weighted by atomic mass is 19.1. The number of rotatable bonds is 2. The first kappa shape index (κ1) is 17.5. The number of anilines is 1. The van der Waals surface area contributed by atoms with Gasteiger partial charge in [-0.1, -0.05) is 6.07 Å². The minimum atomic E-state index is -0.512. The molecule has 1 aliphatic heterocycles. The summed E-state index contributed by atoms with van der Waals surface area (Å²) in [7, 11) is 3.76. The van der Waals surface area contributed by atoms with Crippen LogP contribution in [-0.2, 0) is 4.74 Å². The van der Waals surface area contributed by atoms with Crippen LogP contribution in [0.1, 0.15) is 32.4 Å². The Morgan fingerprint density at radius 3 is 2.70 bits per heavy atom. The maximum Gasteiger partial charge on any atom is 0.410 e. The minimum Gasteiger partial charge on any atom is -0.444 e. The van der Waals surface area contributed by atoms with Crippen LogP contribution in [0.3, 0.4) is 0 Å². The van der Waals surface area contributed by atoms with Gasteiger partial charge in [-0.3, -0.25) is 0 Å². The summed E-state index contributed by atoms with van der Waals surface area (Å²) in [6.07, 6.45) is -0.308. The number of piperazine rings is 1. The van der Waals surface area contributed by atoms with E-state index in [9.17, 15) is 9.18 Å². The van der Waals surface area contributed by atoms with E-state index in [0.29, 0.717) is 19.6 Å². The second-order valence-electron chi connectivity index (χ2n) is 7.03. The molecule has 0 aromatic heterocycles. The Labute approximate surface area is 137 Å². The zero-order valence-corrected chi connectivity index (χ0v) is 14.5. The molecule has 1 heterocycles. The van der Waals surface area contributed by atoms with E-state index in [0.717, 1.165) is 11.3 Å². The molecule has 0 saturated carbocycles. The third kappa shape index (κ3) is 4.58. The third-order valence-corrected chi connectivity index (χ3v) is 3.68. The normalized spacial score (nSPS) is 18.7. The summed E-state index contributed by atoms with van der Waals surface area (Å²) in [5.41, 5.74) is 1.28. The molecule has 1 saturated heterocycles. The predicted molar refractivity (Wildman–Crippen MR) is 89.3 cm³/mol. The van der Waals surface area contributed by atoms with Crippen molar-refractivity contribution in [3.05, 3.63) is 29.6 Å². The number of amides is 1. The van der Waals surface area contributed by atoms with Gasteiger partial charge < -0.3 is 19.9 Å². The Kier molecular flexibility index (Phi) is 5.14. The number of benzene rings is 1. The van der Waals surface area contributed by atoms with Crippen molar-refractivity contribution in [3.8, 4) is 0 Å². The number of nitrogens with one attached hydrogen (secondary N) is 1. The van der Waals surface area contributed by atoms with Crippen molar-refractivity contribution in [1.29, 1.82) is 0 Å². The smallest absolute Gasteiger partial charge is 0.410 e. The molecule has 1 aliphatic rings. The average molecular weight is 323 g/mol. The van der Waals surface area contributed by atoms with Gasteiger partial charge in [0.2, 0.25) is 0 Å². The number of carbonyl (C=O) groups excluding carboxylic acids is 1. The van der Waals surface area contributed by atoms with E-state index in [1.807, 2.05) is 39.8 Å². The van der Waals surface area contributed by atoms with Crippen molar-refractivity contribution in [3.63, 3.8) is 0 Å². The van der Waals surface area contributed by atoms with Gasteiger partial charge in [0, 0.05) is 39.4 Å². The van der Waals surface area contributed by atoms with Crippen LogP contribution in [0.25, 0.3) is 0 Å². The van der Waals surface area contributed by atoms with E-state index >= 15 is 0 Å². The molecule has 0 aliphatic carbocycles. The average Bonchev–Trinajstić information content (AvgIpc) is 2.45. The lowest BCUT2D eigenvalue weighted by atomic mass is 10.0. The molecule has 0 radical (unpaired) electrons. The molecule has 0 bridgehead atoms. The maximum atomic E-state index is 13.5. The van der Waals surface area contributed by atoms with Crippen LogP contribution in [0.4, 0.5) is 14.9 Å². The molecule has 1 N–H and O–H groups in total. The lowest BCUT2D eigenvalue weighted by molar-refractivity contribution is 0.0195. The van der Waals surface area contributed by atoms with Crippen molar-refractivity contribution < 1.29 is 13.9 Å². The van der Waals surface area contributed by atoms with E-state index in [1.54, 1.807) is 11.0 Å². The zero-order valence-electron chi connectivity index (χ0n) is 14.5. The molecule has 1 atom stereocenters. The molecular formula is C17H26FN3O2. The second-order valence-corrected chi connectivity index (χ2v) is 7.03. The SMILES string of the molecule is CN(C)c1cc(F)ccc1C1CN(C(=O)OC(C)(C)C)CCN1. The molecule has 0 spiro atoms. The summed E-state index contributed by atoms with van der Waals surface area (Å²) in [6.45, 7) is 7.34. The summed E-state index contributed by atoms with van der Waals surface area (Å²) in [4.78, 5) is 15.9. The molecule has 1 fully saturated rings. The Morgan fingerprint density at radius 2 is 2.09 bits per heavy atom. The monoisotopic (exact) mass is 323 g/mol. The van der Waals surface area contributed by atoms with E-state index in [1.165, 1.54) is 12.1 Å². The van der Waals surface area contributed by atoms with Crippen LogP contribution in [0, 0.1) is 5.82 Å². The quantitative estimate of drug-likeness (QED) is 0.909. The zero-order chi connectivity index (χ0) is 17.2. The Hall–Kier alpha value is -1.82. The second kappa shape index (κ2) is 6.74. The number of hydrogen-bond acceptors (Lipinski definition) is 4. The van der Waals surface area contributed by atoms with Crippen molar-refractivity contribution in [1.82, 2.24) is 10.2 Å². The Bertz CT molecular complexity index is 569. The highest BCUT2D eigenvalue weighted by molar-refractivity contribution is 5.68. The van der Waals surface area contributed by atoms with E-state index in [4.69, 9.17) is 4.74 Å². The van der Waals surface area contributed by atoms with Gasteiger partial charge in [0.15, 0.2) is 0 Å². The summed E-state index contributed by atoms with van der Waals surface area (Å²) < 4.78 is 19.0. The third-order valence-electron chi connectivity index (χ3n) is 3.68. The summed E-state index contributed by atoms with van der Waals surface area (Å²) in [5, 5.41) is 3.40. The molecular weight excluding hydrogens is 297 g/mol. The molecule has 128 valence electrons. The fourth-order valence-electron chi connectivity index (χ4n) is 2.65. The van der Waals surface area contributed by atoms with Crippen LogP contribution in [0.5, 0.6) is 0 Å². The van der Waals surface area contributed by atoms with Crippen LogP contribution >= 0.6 is 0 Å². The molecule has 23 heavy (non-hydrogen) atoms. The summed E-state index contributed by atoms with van der Waals surface area (Å²) in [5.74, 6) is -0.266. The molecule has 1 unspecified atom stereocenters. The van der Waals surface area contributed by atoms with Crippen molar-refractivity contribution in [2.75, 3.05) is 38.6 Å². The highest BCUT2D eigenvalue weighted by Gasteiger charge is 2.29. The van der Waals surface area contributed by atoms with Gasteiger partial charge in [-0.15, -0.1) is 0 Å². The fourth-order valence-corrected chi connectivity index (χ4v) is 2.65. The van der Waals surface area contributed by atoms with Gasteiger partial charge in [0.25, 0.3) is 0 Å². The fraction of sp³-hybridized carbons (Fsp3) is 0.588. The van der Waals surface area contributed by atoms with Gasteiger partial charge in [0.05, 0.1) is 6.04 Å². The van der Waals surface area contributed by atoms with E-state index in [-0.39, 0.29) is 18.0 Å². The molecule has 6 heteroatoms. The lowest BCUT2D eigenvalue weighted by Crippen LogP contribution is -2.49. The maximum absolute atomic E-state index is 13.5. The minimum absolute atomic E-state index is 0.0470. The van der Waals surface area contributed by atoms with Crippen LogP contribution in [-0.4, -0.2) is 50.3 Å². The number of ether oxygens (including phenoxy) is 1. The number of nitrogens with zero attached hydrogens (tertiary/aromatic N) is 2. The predicted octanol–water partition coefficient (Wildman–Crippen LogP) is 2.77. The van der Waals surface area contributed by atoms with E-state index in [2.05, 4.69) is 5.32 Å². The first-order valence-electron chi connectivity index (χ1n) is 7.85.